The van der Waals surface area contributed by atoms with Gasteiger partial charge in [0.25, 0.3) is 0 Å². The number of hydrogen-bond acceptors (Lipinski definition) is 2. The van der Waals surface area contributed by atoms with Crippen LogP contribution in [0.5, 0.6) is 0 Å². The van der Waals surface area contributed by atoms with Crippen LogP contribution in [0.4, 0.5) is 5.69 Å². The zero-order valence-corrected chi connectivity index (χ0v) is 10.4. The largest absolute Gasteiger partial charge is 0.345 e. The number of amides is 2. The Morgan fingerprint density at radius 3 is 2.29 bits per heavy atom. The molecule has 1 aromatic rings. The number of anilines is 1. The summed E-state index contributed by atoms with van der Waals surface area (Å²) in [5.41, 5.74) is 1.73. The molecule has 2 N–H and O–H groups in total. The maximum Gasteiger partial charge on any atom is 0.313 e. The molecule has 17 heavy (non-hydrogen) atoms. The van der Waals surface area contributed by atoms with Gasteiger partial charge < -0.3 is 10.6 Å². The molecule has 2 amide bonds. The van der Waals surface area contributed by atoms with Crippen molar-refractivity contribution >= 4 is 17.5 Å². The summed E-state index contributed by atoms with van der Waals surface area (Å²) < 4.78 is 0. The molecule has 4 heteroatoms. The summed E-state index contributed by atoms with van der Waals surface area (Å²) in [6.07, 6.45) is 0.795. The van der Waals surface area contributed by atoms with Crippen molar-refractivity contribution in [1.82, 2.24) is 5.32 Å². The van der Waals surface area contributed by atoms with E-state index in [9.17, 15) is 9.59 Å². The molecule has 1 atom stereocenters. The second-order valence-electron chi connectivity index (χ2n) is 4.10. The fourth-order valence-electron chi connectivity index (χ4n) is 1.22. The predicted molar refractivity (Wildman–Crippen MR) is 67.7 cm³/mol. The molecular weight excluding hydrogens is 216 g/mol. The van der Waals surface area contributed by atoms with Gasteiger partial charge in [-0.2, -0.15) is 0 Å². The van der Waals surface area contributed by atoms with Crippen LogP contribution in [0.2, 0.25) is 0 Å². The van der Waals surface area contributed by atoms with Crippen LogP contribution >= 0.6 is 0 Å². The molecule has 92 valence electrons. The van der Waals surface area contributed by atoms with Crippen LogP contribution in [0.1, 0.15) is 25.8 Å². The average molecular weight is 234 g/mol. The summed E-state index contributed by atoms with van der Waals surface area (Å²) in [5.74, 6) is -1.23. The van der Waals surface area contributed by atoms with Crippen molar-refractivity contribution in [2.45, 2.75) is 33.2 Å². The minimum Gasteiger partial charge on any atom is -0.345 e. The number of carbonyl (C=O) groups is 2. The fourth-order valence-corrected chi connectivity index (χ4v) is 1.22. The lowest BCUT2D eigenvalue weighted by Crippen LogP contribution is -2.40. The summed E-state index contributed by atoms with van der Waals surface area (Å²) >= 11 is 0. The first-order valence-electron chi connectivity index (χ1n) is 5.71. The van der Waals surface area contributed by atoms with E-state index in [0.717, 1.165) is 12.0 Å². The smallest absolute Gasteiger partial charge is 0.313 e. The zero-order chi connectivity index (χ0) is 12.8. The quantitative estimate of drug-likeness (QED) is 0.784. The molecule has 0 unspecified atom stereocenters. The minimum absolute atomic E-state index is 0.00580. The van der Waals surface area contributed by atoms with Gasteiger partial charge in [0.05, 0.1) is 0 Å². The van der Waals surface area contributed by atoms with Crippen LogP contribution in [0.15, 0.2) is 24.3 Å². The molecular formula is C13H18N2O2. The normalized spacial score (nSPS) is 11.7. The fraction of sp³-hybridized carbons (Fsp3) is 0.385. The Labute approximate surface area is 101 Å². The van der Waals surface area contributed by atoms with Gasteiger partial charge in [-0.3, -0.25) is 9.59 Å². The van der Waals surface area contributed by atoms with Gasteiger partial charge in [0.15, 0.2) is 0 Å². The summed E-state index contributed by atoms with van der Waals surface area (Å²) in [7, 11) is 0. The van der Waals surface area contributed by atoms with Gasteiger partial charge >= 0.3 is 11.8 Å². The highest BCUT2D eigenvalue weighted by atomic mass is 16.2. The molecule has 0 aliphatic heterocycles. The average Bonchev–Trinajstić information content (AvgIpc) is 2.31. The van der Waals surface area contributed by atoms with Gasteiger partial charge in [-0.05, 0) is 32.4 Å². The highest BCUT2D eigenvalue weighted by molar-refractivity contribution is 6.39. The van der Waals surface area contributed by atoms with Gasteiger partial charge in [0.1, 0.15) is 0 Å². The van der Waals surface area contributed by atoms with Crippen LogP contribution in [-0.2, 0) is 9.59 Å². The van der Waals surface area contributed by atoms with Crippen LogP contribution < -0.4 is 10.6 Å². The van der Waals surface area contributed by atoms with Crippen molar-refractivity contribution < 1.29 is 9.59 Å². The molecule has 4 nitrogen and oxygen atoms in total. The Balaban J connectivity index is 2.54. The van der Waals surface area contributed by atoms with Crippen LogP contribution in [0.25, 0.3) is 0 Å². The number of rotatable bonds is 3. The van der Waals surface area contributed by atoms with Crippen molar-refractivity contribution in [2.24, 2.45) is 0 Å². The summed E-state index contributed by atoms with van der Waals surface area (Å²) in [5, 5.41) is 5.16. The van der Waals surface area contributed by atoms with E-state index >= 15 is 0 Å². The number of benzene rings is 1. The molecule has 1 aromatic carbocycles. The maximum atomic E-state index is 11.5. The molecule has 0 fully saturated rings. The minimum atomic E-state index is -0.630. The molecule has 0 saturated heterocycles. The van der Waals surface area contributed by atoms with Gasteiger partial charge in [-0.15, -0.1) is 0 Å². The number of carbonyl (C=O) groups excluding carboxylic acids is 2. The van der Waals surface area contributed by atoms with Crippen LogP contribution in [0.3, 0.4) is 0 Å². The monoisotopic (exact) mass is 234 g/mol. The molecule has 0 saturated carbocycles. The predicted octanol–water partition coefficient (Wildman–Crippen LogP) is 1.85. The van der Waals surface area contributed by atoms with Gasteiger partial charge in [0, 0.05) is 11.7 Å². The standard InChI is InChI=1S/C13H18N2O2/c1-4-10(3)14-12(16)13(17)15-11-7-5-9(2)6-8-11/h5-8,10H,4H2,1-3H3,(H,14,16)(H,15,17)/t10-/m1/s1. The van der Waals surface area contributed by atoms with Crippen molar-refractivity contribution in [3.63, 3.8) is 0 Å². The third-order valence-corrected chi connectivity index (χ3v) is 2.51. The molecule has 0 aromatic heterocycles. The summed E-state index contributed by atoms with van der Waals surface area (Å²) in [6, 6.07) is 7.30. The first-order chi connectivity index (χ1) is 8.02. The molecule has 1 rings (SSSR count). The lowest BCUT2D eigenvalue weighted by Gasteiger charge is -2.11. The van der Waals surface area contributed by atoms with E-state index in [0.29, 0.717) is 5.69 Å². The Bertz CT molecular complexity index is 398. The van der Waals surface area contributed by atoms with Crippen molar-refractivity contribution in [3.05, 3.63) is 29.8 Å². The van der Waals surface area contributed by atoms with Gasteiger partial charge in [-0.25, -0.2) is 0 Å². The Morgan fingerprint density at radius 1 is 1.18 bits per heavy atom. The molecule has 0 aliphatic rings. The van der Waals surface area contributed by atoms with Crippen LogP contribution in [0, 0.1) is 6.92 Å². The first-order valence-corrected chi connectivity index (χ1v) is 5.71. The summed E-state index contributed by atoms with van der Waals surface area (Å²) in [4.78, 5) is 23.0. The third-order valence-electron chi connectivity index (χ3n) is 2.51. The van der Waals surface area contributed by atoms with E-state index in [1.54, 1.807) is 12.1 Å². The van der Waals surface area contributed by atoms with E-state index in [-0.39, 0.29) is 6.04 Å². The summed E-state index contributed by atoms with van der Waals surface area (Å²) in [6.45, 7) is 5.76. The highest BCUT2D eigenvalue weighted by Gasteiger charge is 2.15. The second kappa shape index (κ2) is 6.03. The van der Waals surface area contributed by atoms with E-state index in [4.69, 9.17) is 0 Å². The van der Waals surface area contributed by atoms with Crippen LogP contribution in [-0.4, -0.2) is 17.9 Å². The first kappa shape index (κ1) is 13.2. The van der Waals surface area contributed by atoms with Crippen molar-refractivity contribution in [3.8, 4) is 0 Å². The van der Waals surface area contributed by atoms with E-state index in [1.807, 2.05) is 32.9 Å². The van der Waals surface area contributed by atoms with Crippen molar-refractivity contribution in [1.29, 1.82) is 0 Å². The second-order valence-corrected chi connectivity index (χ2v) is 4.10. The molecule has 0 heterocycles. The number of hydrogen-bond donors (Lipinski definition) is 2. The molecule has 0 aliphatic carbocycles. The number of nitrogens with one attached hydrogen (secondary N) is 2. The van der Waals surface area contributed by atoms with Gasteiger partial charge in [0.2, 0.25) is 0 Å². The molecule has 0 spiro atoms. The van der Waals surface area contributed by atoms with E-state index < -0.39 is 11.8 Å². The lowest BCUT2D eigenvalue weighted by atomic mass is 10.2. The maximum absolute atomic E-state index is 11.5. The highest BCUT2D eigenvalue weighted by Crippen LogP contribution is 2.08. The van der Waals surface area contributed by atoms with E-state index in [1.165, 1.54) is 0 Å². The van der Waals surface area contributed by atoms with Crippen molar-refractivity contribution in [2.75, 3.05) is 5.32 Å². The third kappa shape index (κ3) is 4.26. The molecule has 0 radical (unpaired) electrons. The SMILES string of the molecule is CC[C@@H](C)NC(=O)C(=O)Nc1ccc(C)cc1. The van der Waals surface area contributed by atoms with Gasteiger partial charge in [-0.1, -0.05) is 24.6 Å². The number of aryl methyl sites for hydroxylation is 1. The lowest BCUT2D eigenvalue weighted by molar-refractivity contribution is -0.136. The zero-order valence-electron chi connectivity index (χ0n) is 10.4. The Morgan fingerprint density at radius 2 is 1.76 bits per heavy atom. The molecule has 0 bridgehead atoms. The Kier molecular flexibility index (Phi) is 4.69. The Hall–Kier alpha value is -1.84. The van der Waals surface area contributed by atoms with E-state index in [2.05, 4.69) is 10.6 Å². The topological polar surface area (TPSA) is 58.2 Å².